The topological polar surface area (TPSA) is 67.9 Å². The number of rotatable bonds is 11. The molecule has 148 valence electrons. The number of sulfonamides is 1. The molecule has 0 saturated heterocycles. The van der Waals surface area contributed by atoms with Gasteiger partial charge in [0.1, 0.15) is 18.1 Å². The Hall–Kier alpha value is -2.09. The van der Waals surface area contributed by atoms with E-state index in [9.17, 15) is 8.42 Å². The first-order valence-corrected chi connectivity index (χ1v) is 10.5. The zero-order chi connectivity index (χ0) is 19.7. The molecule has 0 saturated carbocycles. The van der Waals surface area contributed by atoms with E-state index in [2.05, 4.69) is 23.5 Å². The number of nitrogens with one attached hydrogen (secondary N) is 1. The fraction of sp³-hybridized carbons (Fsp3) is 0.400. The van der Waals surface area contributed by atoms with Crippen molar-refractivity contribution in [3.8, 4) is 11.5 Å². The van der Waals surface area contributed by atoms with Crippen molar-refractivity contribution in [2.45, 2.75) is 25.3 Å². The molecule has 0 heterocycles. The van der Waals surface area contributed by atoms with Crippen molar-refractivity contribution in [2.24, 2.45) is 0 Å². The number of hydrogen-bond acceptors (Lipinski definition) is 5. The molecule has 0 aliphatic heterocycles. The van der Waals surface area contributed by atoms with Crippen LogP contribution < -0.4 is 14.2 Å². The zero-order valence-corrected chi connectivity index (χ0v) is 17.0. The van der Waals surface area contributed by atoms with Crippen molar-refractivity contribution >= 4 is 10.0 Å². The van der Waals surface area contributed by atoms with Gasteiger partial charge in [0.25, 0.3) is 0 Å². The van der Waals surface area contributed by atoms with Crippen LogP contribution in [0.5, 0.6) is 11.5 Å². The average Bonchev–Trinajstić information content (AvgIpc) is 2.70. The molecule has 27 heavy (non-hydrogen) atoms. The van der Waals surface area contributed by atoms with E-state index < -0.39 is 10.0 Å². The summed E-state index contributed by atoms with van der Waals surface area (Å²) in [5.41, 5.74) is 0.864. The lowest BCUT2D eigenvalue weighted by Gasteiger charge is -2.18. The van der Waals surface area contributed by atoms with Gasteiger partial charge in [0.2, 0.25) is 10.0 Å². The largest absolute Gasteiger partial charge is 0.497 e. The lowest BCUT2D eigenvalue weighted by Crippen LogP contribution is -2.27. The van der Waals surface area contributed by atoms with Gasteiger partial charge in [-0.05, 0) is 55.1 Å². The molecule has 0 aliphatic rings. The van der Waals surface area contributed by atoms with Gasteiger partial charge >= 0.3 is 0 Å². The molecule has 2 aromatic carbocycles. The summed E-state index contributed by atoms with van der Waals surface area (Å²) in [7, 11) is -2.03. The van der Waals surface area contributed by atoms with Gasteiger partial charge in [-0.1, -0.05) is 26.0 Å². The second-order valence-corrected chi connectivity index (χ2v) is 7.79. The molecule has 0 unspecified atom stereocenters. The Labute approximate surface area is 162 Å². The van der Waals surface area contributed by atoms with Gasteiger partial charge in [-0.3, -0.25) is 0 Å². The highest BCUT2D eigenvalue weighted by atomic mass is 32.2. The summed E-state index contributed by atoms with van der Waals surface area (Å²) in [6, 6.07) is 13.7. The van der Waals surface area contributed by atoms with E-state index in [0.29, 0.717) is 12.4 Å². The summed E-state index contributed by atoms with van der Waals surface area (Å²) >= 11 is 0. The second-order valence-electron chi connectivity index (χ2n) is 6.02. The molecule has 0 aromatic heterocycles. The van der Waals surface area contributed by atoms with Crippen LogP contribution in [0.3, 0.4) is 0 Å². The summed E-state index contributed by atoms with van der Waals surface area (Å²) in [4.78, 5) is 2.50. The van der Waals surface area contributed by atoms with Crippen LogP contribution in [0.2, 0.25) is 0 Å². The molecule has 6 nitrogen and oxygen atoms in total. The first-order chi connectivity index (χ1) is 13.0. The van der Waals surface area contributed by atoms with Crippen molar-refractivity contribution in [1.82, 2.24) is 9.62 Å². The maximum Gasteiger partial charge on any atom is 0.240 e. The van der Waals surface area contributed by atoms with Crippen molar-refractivity contribution in [2.75, 3.05) is 33.4 Å². The first-order valence-electron chi connectivity index (χ1n) is 9.06. The van der Waals surface area contributed by atoms with Gasteiger partial charge in [-0.25, -0.2) is 13.1 Å². The molecular formula is C20H28N2O4S. The van der Waals surface area contributed by atoms with Crippen LogP contribution in [0.4, 0.5) is 0 Å². The Morgan fingerprint density at radius 3 is 2.07 bits per heavy atom. The van der Waals surface area contributed by atoms with Crippen molar-refractivity contribution in [3.05, 3.63) is 54.1 Å². The number of ether oxygens (including phenoxy) is 2. The maximum absolute atomic E-state index is 12.4. The van der Waals surface area contributed by atoms with Crippen LogP contribution >= 0.6 is 0 Å². The summed E-state index contributed by atoms with van der Waals surface area (Å²) in [5.74, 6) is 1.40. The Kier molecular flexibility index (Phi) is 8.09. The predicted molar refractivity (Wildman–Crippen MR) is 107 cm³/mol. The number of likely N-dealkylation sites (N-methyl/N-ethyl adjacent to an activating group) is 1. The zero-order valence-electron chi connectivity index (χ0n) is 16.1. The van der Waals surface area contributed by atoms with Gasteiger partial charge in [-0.15, -0.1) is 0 Å². The highest BCUT2D eigenvalue weighted by molar-refractivity contribution is 7.89. The van der Waals surface area contributed by atoms with Crippen LogP contribution in [-0.2, 0) is 16.6 Å². The van der Waals surface area contributed by atoms with E-state index in [1.54, 1.807) is 19.2 Å². The van der Waals surface area contributed by atoms with Gasteiger partial charge in [0.15, 0.2) is 0 Å². The molecule has 0 bridgehead atoms. The normalized spacial score (nSPS) is 11.6. The Morgan fingerprint density at radius 1 is 0.926 bits per heavy atom. The number of methoxy groups -OCH3 is 1. The highest BCUT2D eigenvalue weighted by Gasteiger charge is 2.13. The molecule has 7 heteroatoms. The molecular weight excluding hydrogens is 364 g/mol. The lowest BCUT2D eigenvalue weighted by atomic mass is 10.2. The molecule has 0 spiro atoms. The third-order valence-corrected chi connectivity index (χ3v) is 5.75. The van der Waals surface area contributed by atoms with Gasteiger partial charge in [0, 0.05) is 13.1 Å². The SMILES string of the molecule is CCN(CC)CCOc1ccc(CNS(=O)(=O)c2ccc(OC)cc2)cc1. The third kappa shape index (κ3) is 6.53. The standard InChI is InChI=1S/C20H28N2O4S/c1-4-22(5-2)14-15-26-19-8-6-17(7-9-19)16-21-27(23,24)20-12-10-18(25-3)11-13-20/h6-13,21H,4-5,14-16H2,1-3H3. The first kappa shape index (κ1) is 21.2. The minimum atomic E-state index is -3.57. The molecule has 0 radical (unpaired) electrons. The van der Waals surface area contributed by atoms with Gasteiger partial charge in [0.05, 0.1) is 12.0 Å². The predicted octanol–water partition coefficient (Wildman–Crippen LogP) is 2.89. The summed E-state index contributed by atoms with van der Waals surface area (Å²) in [6.45, 7) is 8.01. The van der Waals surface area contributed by atoms with Crippen molar-refractivity contribution in [1.29, 1.82) is 0 Å². The van der Waals surface area contributed by atoms with E-state index in [-0.39, 0.29) is 11.4 Å². The van der Waals surface area contributed by atoms with E-state index in [1.807, 2.05) is 24.3 Å². The van der Waals surface area contributed by atoms with Gasteiger partial charge < -0.3 is 14.4 Å². The average molecular weight is 393 g/mol. The molecule has 0 fully saturated rings. The van der Waals surface area contributed by atoms with E-state index >= 15 is 0 Å². The maximum atomic E-state index is 12.4. The van der Waals surface area contributed by atoms with E-state index in [1.165, 1.54) is 12.1 Å². The van der Waals surface area contributed by atoms with Crippen LogP contribution in [0.1, 0.15) is 19.4 Å². The third-order valence-electron chi connectivity index (χ3n) is 4.33. The molecule has 0 atom stereocenters. The fourth-order valence-corrected chi connectivity index (χ4v) is 3.57. The smallest absolute Gasteiger partial charge is 0.240 e. The monoisotopic (exact) mass is 392 g/mol. The van der Waals surface area contributed by atoms with E-state index in [0.717, 1.165) is 30.9 Å². The van der Waals surface area contributed by atoms with Crippen LogP contribution in [0.15, 0.2) is 53.4 Å². The summed E-state index contributed by atoms with van der Waals surface area (Å²) < 4.78 is 38.1. The van der Waals surface area contributed by atoms with Crippen LogP contribution in [0, 0.1) is 0 Å². The number of nitrogens with zero attached hydrogens (tertiary/aromatic N) is 1. The van der Waals surface area contributed by atoms with E-state index in [4.69, 9.17) is 9.47 Å². The van der Waals surface area contributed by atoms with Crippen molar-refractivity contribution < 1.29 is 17.9 Å². The van der Waals surface area contributed by atoms with Gasteiger partial charge in [-0.2, -0.15) is 0 Å². The summed E-state index contributed by atoms with van der Waals surface area (Å²) in [6.07, 6.45) is 0. The Balaban J connectivity index is 1.86. The number of benzene rings is 2. The minimum absolute atomic E-state index is 0.208. The minimum Gasteiger partial charge on any atom is -0.497 e. The van der Waals surface area contributed by atoms with Crippen LogP contribution in [0.25, 0.3) is 0 Å². The molecule has 0 aliphatic carbocycles. The highest BCUT2D eigenvalue weighted by Crippen LogP contribution is 2.16. The quantitative estimate of drug-likeness (QED) is 0.637. The number of hydrogen-bond donors (Lipinski definition) is 1. The van der Waals surface area contributed by atoms with Crippen LogP contribution in [-0.4, -0.2) is 46.7 Å². The van der Waals surface area contributed by atoms with Crippen molar-refractivity contribution in [3.63, 3.8) is 0 Å². The summed E-state index contributed by atoms with van der Waals surface area (Å²) in [5, 5.41) is 0. The lowest BCUT2D eigenvalue weighted by molar-refractivity contribution is 0.223. The molecule has 2 aromatic rings. The Bertz CT molecular complexity index is 786. The molecule has 1 N–H and O–H groups in total. The second kappa shape index (κ2) is 10.3. The fourth-order valence-electron chi connectivity index (χ4n) is 2.55. The Morgan fingerprint density at radius 2 is 1.52 bits per heavy atom. The molecule has 2 rings (SSSR count). The molecule has 0 amide bonds.